The SMILES string of the molecule is Cc1cc(C=Cc2ccc(Sc3ccc(Cl)cc3)cc2)n(OS(=O)(=O)c2ccc(F)cc2)c(=O)c1. The minimum Gasteiger partial charge on any atom is -0.280 e. The summed E-state index contributed by atoms with van der Waals surface area (Å²) >= 11 is 7.52. The van der Waals surface area contributed by atoms with E-state index in [1.165, 1.54) is 6.07 Å². The van der Waals surface area contributed by atoms with E-state index in [-0.39, 0.29) is 10.6 Å². The molecule has 0 N–H and O–H groups in total. The largest absolute Gasteiger partial charge is 0.357 e. The smallest absolute Gasteiger partial charge is 0.280 e. The molecule has 0 aliphatic carbocycles. The van der Waals surface area contributed by atoms with Gasteiger partial charge in [0.05, 0.1) is 5.69 Å². The number of benzene rings is 3. The predicted molar refractivity (Wildman–Crippen MR) is 137 cm³/mol. The van der Waals surface area contributed by atoms with Crippen molar-refractivity contribution in [2.24, 2.45) is 0 Å². The van der Waals surface area contributed by atoms with Gasteiger partial charge in [0.1, 0.15) is 10.7 Å². The first-order valence-electron chi connectivity index (χ1n) is 10.4. The molecule has 0 unspecified atom stereocenters. The zero-order chi connectivity index (χ0) is 25.0. The lowest BCUT2D eigenvalue weighted by molar-refractivity contribution is 0.264. The molecule has 0 spiro atoms. The molecule has 5 nitrogen and oxygen atoms in total. The molecule has 4 rings (SSSR count). The van der Waals surface area contributed by atoms with Gasteiger partial charge in [0.2, 0.25) is 0 Å². The summed E-state index contributed by atoms with van der Waals surface area (Å²) in [5.74, 6) is -0.586. The quantitative estimate of drug-likeness (QED) is 0.291. The van der Waals surface area contributed by atoms with Crippen LogP contribution in [0.2, 0.25) is 5.02 Å². The zero-order valence-electron chi connectivity index (χ0n) is 18.4. The number of hydrogen-bond donors (Lipinski definition) is 0. The first kappa shape index (κ1) is 24.8. The highest BCUT2D eigenvalue weighted by Gasteiger charge is 2.19. The fourth-order valence-electron chi connectivity index (χ4n) is 3.12. The van der Waals surface area contributed by atoms with Gasteiger partial charge in [-0.1, -0.05) is 41.6 Å². The van der Waals surface area contributed by atoms with Gasteiger partial charge in [-0.25, -0.2) is 4.39 Å². The lowest BCUT2D eigenvalue weighted by Crippen LogP contribution is -2.32. The molecule has 0 bridgehead atoms. The minimum atomic E-state index is -4.36. The van der Waals surface area contributed by atoms with E-state index in [0.717, 1.165) is 39.6 Å². The zero-order valence-corrected chi connectivity index (χ0v) is 20.8. The first-order chi connectivity index (χ1) is 16.7. The summed E-state index contributed by atoms with van der Waals surface area (Å²) in [5, 5.41) is 0.680. The standard InChI is InChI=1S/C26H19ClFNO4S2/c1-18-16-22(29(26(30)17-18)33-35(31,32)25-14-7-21(28)8-15-25)9-2-19-3-10-23(11-4-19)34-24-12-5-20(27)6-13-24/h2-17H,1H3. The van der Waals surface area contributed by atoms with Crippen molar-refractivity contribution in [1.82, 2.24) is 4.73 Å². The molecule has 4 aromatic rings. The second-order valence-electron chi connectivity index (χ2n) is 7.53. The van der Waals surface area contributed by atoms with Crippen LogP contribution in [-0.4, -0.2) is 13.1 Å². The highest BCUT2D eigenvalue weighted by molar-refractivity contribution is 7.99. The summed E-state index contributed by atoms with van der Waals surface area (Å²) < 4.78 is 44.3. The maximum atomic E-state index is 13.2. The van der Waals surface area contributed by atoms with Gasteiger partial charge < -0.3 is 0 Å². The Labute approximate surface area is 211 Å². The van der Waals surface area contributed by atoms with Gasteiger partial charge in [-0.15, -0.1) is 4.73 Å². The number of pyridine rings is 1. The van der Waals surface area contributed by atoms with Gasteiger partial charge in [0.25, 0.3) is 5.56 Å². The third kappa shape index (κ3) is 6.42. The summed E-state index contributed by atoms with van der Waals surface area (Å²) in [6.07, 6.45) is 3.34. The number of hydrogen-bond acceptors (Lipinski definition) is 5. The summed E-state index contributed by atoms with van der Waals surface area (Å²) in [5.41, 5.74) is 1.07. The molecular formula is C26H19ClFNO4S2. The molecule has 0 amide bonds. The van der Waals surface area contributed by atoms with Crippen LogP contribution in [0.3, 0.4) is 0 Å². The van der Waals surface area contributed by atoms with Crippen LogP contribution >= 0.6 is 23.4 Å². The van der Waals surface area contributed by atoms with Gasteiger partial charge >= 0.3 is 10.1 Å². The molecule has 0 fully saturated rings. The Morgan fingerprint density at radius 2 is 1.49 bits per heavy atom. The molecule has 35 heavy (non-hydrogen) atoms. The van der Waals surface area contributed by atoms with Crippen LogP contribution in [0.5, 0.6) is 0 Å². The summed E-state index contributed by atoms with van der Waals surface area (Å²) in [6.45, 7) is 1.72. The van der Waals surface area contributed by atoms with E-state index in [1.807, 2.05) is 48.5 Å². The van der Waals surface area contributed by atoms with Crippen LogP contribution in [0.15, 0.2) is 104 Å². The summed E-state index contributed by atoms with van der Waals surface area (Å²) in [6, 6.07) is 22.3. The van der Waals surface area contributed by atoms with Crippen LogP contribution in [0.4, 0.5) is 4.39 Å². The lowest BCUT2D eigenvalue weighted by Gasteiger charge is -2.12. The number of halogens is 2. The van der Waals surface area contributed by atoms with Crippen LogP contribution in [0, 0.1) is 12.7 Å². The van der Waals surface area contributed by atoms with E-state index < -0.39 is 21.5 Å². The normalized spacial score (nSPS) is 11.6. The number of rotatable bonds is 7. The van der Waals surface area contributed by atoms with Crippen molar-refractivity contribution in [3.05, 3.63) is 123 Å². The highest BCUT2D eigenvalue weighted by Crippen LogP contribution is 2.29. The van der Waals surface area contributed by atoms with Crippen LogP contribution in [0.1, 0.15) is 16.8 Å². The Kier molecular flexibility index (Phi) is 7.45. The second kappa shape index (κ2) is 10.5. The molecule has 178 valence electrons. The average Bonchev–Trinajstić information content (AvgIpc) is 2.82. The Balaban J connectivity index is 1.57. The molecule has 0 aliphatic rings. The maximum absolute atomic E-state index is 13.2. The van der Waals surface area contributed by atoms with E-state index in [0.29, 0.717) is 15.3 Å². The molecule has 1 aromatic heterocycles. The fraction of sp³-hybridized carbons (Fsp3) is 0.0385. The van der Waals surface area contributed by atoms with Crippen molar-refractivity contribution in [1.29, 1.82) is 0 Å². The summed E-state index contributed by atoms with van der Waals surface area (Å²) in [7, 11) is -4.36. The molecule has 0 saturated carbocycles. The van der Waals surface area contributed by atoms with E-state index in [1.54, 1.807) is 36.9 Å². The molecule has 0 saturated heterocycles. The molecule has 3 aromatic carbocycles. The van der Waals surface area contributed by atoms with Crippen molar-refractivity contribution in [3.63, 3.8) is 0 Å². The Bertz CT molecular complexity index is 1530. The minimum absolute atomic E-state index is 0.236. The Hall–Kier alpha value is -3.33. The molecule has 0 atom stereocenters. The van der Waals surface area contributed by atoms with Gasteiger partial charge in [-0.05, 0) is 90.9 Å². The van der Waals surface area contributed by atoms with Crippen molar-refractivity contribution >= 4 is 45.6 Å². The Morgan fingerprint density at radius 3 is 2.11 bits per heavy atom. The van der Waals surface area contributed by atoms with Gasteiger partial charge in [-0.2, -0.15) is 8.42 Å². The van der Waals surface area contributed by atoms with Crippen molar-refractivity contribution < 1.29 is 17.1 Å². The van der Waals surface area contributed by atoms with E-state index in [9.17, 15) is 17.6 Å². The van der Waals surface area contributed by atoms with Gasteiger partial charge in [0.15, 0.2) is 0 Å². The number of aromatic nitrogens is 1. The van der Waals surface area contributed by atoms with E-state index in [4.69, 9.17) is 15.9 Å². The van der Waals surface area contributed by atoms with Crippen molar-refractivity contribution in [2.45, 2.75) is 21.6 Å². The van der Waals surface area contributed by atoms with Crippen LogP contribution < -0.4 is 9.84 Å². The average molecular weight is 528 g/mol. The summed E-state index contributed by atoms with van der Waals surface area (Å²) in [4.78, 5) is 14.4. The molecule has 0 aliphatic heterocycles. The number of nitrogens with zero attached hydrogens (tertiary/aromatic N) is 1. The first-order valence-corrected chi connectivity index (χ1v) is 13.0. The maximum Gasteiger partial charge on any atom is 0.357 e. The third-order valence-corrected chi connectivity index (χ3v) is 7.27. The fourth-order valence-corrected chi connectivity index (χ4v) is 4.97. The van der Waals surface area contributed by atoms with Crippen LogP contribution in [-0.2, 0) is 10.1 Å². The molecule has 1 heterocycles. The third-order valence-electron chi connectivity index (χ3n) is 4.81. The molecule has 9 heteroatoms. The van der Waals surface area contributed by atoms with Crippen LogP contribution in [0.25, 0.3) is 12.2 Å². The molecule has 0 radical (unpaired) electrons. The van der Waals surface area contributed by atoms with Crippen molar-refractivity contribution in [3.8, 4) is 0 Å². The monoisotopic (exact) mass is 527 g/mol. The predicted octanol–water partition coefficient (Wildman–Crippen LogP) is 6.09. The highest BCUT2D eigenvalue weighted by atomic mass is 35.5. The Morgan fingerprint density at radius 1 is 0.886 bits per heavy atom. The van der Waals surface area contributed by atoms with Gasteiger partial charge in [0, 0.05) is 20.9 Å². The van der Waals surface area contributed by atoms with E-state index >= 15 is 0 Å². The second-order valence-corrected chi connectivity index (χ2v) is 10.6. The lowest BCUT2D eigenvalue weighted by atomic mass is 10.2. The van der Waals surface area contributed by atoms with E-state index in [2.05, 4.69) is 0 Å². The molecular weight excluding hydrogens is 509 g/mol. The van der Waals surface area contributed by atoms with Gasteiger partial charge in [-0.3, -0.25) is 9.08 Å². The number of aryl methyl sites for hydroxylation is 1. The van der Waals surface area contributed by atoms with Crippen molar-refractivity contribution in [2.75, 3.05) is 0 Å². The topological polar surface area (TPSA) is 65.4 Å².